The molecule has 0 saturated carbocycles. The lowest BCUT2D eigenvalue weighted by Gasteiger charge is -2.15. The number of phenols is 1. The maximum Gasteiger partial charge on any atom is 0.336 e. The number of rotatable bonds is 3. The van der Waals surface area contributed by atoms with E-state index < -0.39 is 5.63 Å². The Bertz CT molecular complexity index is 1140. The number of aromatic hydroxyl groups is 1. The van der Waals surface area contributed by atoms with Crippen LogP contribution in [0.3, 0.4) is 0 Å². The summed E-state index contributed by atoms with van der Waals surface area (Å²) < 4.78 is 5.27. The molecule has 28 heavy (non-hydrogen) atoms. The molecule has 0 amide bonds. The zero-order valence-corrected chi connectivity index (χ0v) is 16.4. The molecule has 2 aromatic carbocycles. The maximum absolute atomic E-state index is 11.6. The molecule has 0 saturated heterocycles. The van der Waals surface area contributed by atoms with E-state index in [0.717, 1.165) is 22.5 Å². The van der Waals surface area contributed by atoms with Crippen molar-refractivity contribution in [3.05, 3.63) is 69.1 Å². The van der Waals surface area contributed by atoms with Crippen LogP contribution in [-0.4, -0.2) is 24.9 Å². The van der Waals surface area contributed by atoms with Crippen molar-refractivity contribution >= 4 is 22.4 Å². The van der Waals surface area contributed by atoms with E-state index >= 15 is 0 Å². The molecule has 1 atom stereocenters. The molecule has 144 valence electrons. The summed E-state index contributed by atoms with van der Waals surface area (Å²) in [7, 11) is 4.03. The SMILES string of the molecule is Cc1cc2oc(=O)cc(C)c2c(O)c1C1=NN[C@H](c2ccc(N(C)C)cc2)C1. The first-order valence-electron chi connectivity index (χ1n) is 9.22. The highest BCUT2D eigenvalue weighted by molar-refractivity contribution is 6.09. The maximum atomic E-state index is 11.6. The number of anilines is 1. The second-order valence-electron chi connectivity index (χ2n) is 7.47. The third-order valence-corrected chi connectivity index (χ3v) is 5.25. The number of hydrogen-bond donors (Lipinski definition) is 2. The van der Waals surface area contributed by atoms with E-state index in [1.165, 1.54) is 6.07 Å². The highest BCUT2D eigenvalue weighted by Gasteiger charge is 2.26. The van der Waals surface area contributed by atoms with Crippen molar-refractivity contribution in [1.29, 1.82) is 0 Å². The second kappa shape index (κ2) is 6.71. The van der Waals surface area contributed by atoms with E-state index in [2.05, 4.69) is 39.7 Å². The van der Waals surface area contributed by atoms with Crippen LogP contribution in [0.1, 0.15) is 34.7 Å². The summed E-state index contributed by atoms with van der Waals surface area (Å²) >= 11 is 0. The number of benzene rings is 2. The topological polar surface area (TPSA) is 78.1 Å². The van der Waals surface area contributed by atoms with Gasteiger partial charge in [-0.25, -0.2) is 4.79 Å². The van der Waals surface area contributed by atoms with E-state index in [0.29, 0.717) is 28.5 Å². The Balaban J connectivity index is 1.69. The number of fused-ring (bicyclic) bond motifs is 1. The van der Waals surface area contributed by atoms with Crippen molar-refractivity contribution < 1.29 is 9.52 Å². The van der Waals surface area contributed by atoms with Crippen molar-refractivity contribution in [2.24, 2.45) is 5.10 Å². The molecule has 0 aliphatic carbocycles. The van der Waals surface area contributed by atoms with Crippen molar-refractivity contribution in [3.8, 4) is 5.75 Å². The number of phenolic OH excluding ortho intramolecular Hbond substituents is 1. The van der Waals surface area contributed by atoms with Gasteiger partial charge in [-0.05, 0) is 48.7 Å². The Hall–Kier alpha value is -3.28. The van der Waals surface area contributed by atoms with Gasteiger partial charge in [0.05, 0.1) is 17.1 Å². The van der Waals surface area contributed by atoms with Gasteiger partial charge in [-0.1, -0.05) is 12.1 Å². The van der Waals surface area contributed by atoms with Crippen LogP contribution in [0.2, 0.25) is 0 Å². The van der Waals surface area contributed by atoms with Crippen LogP contribution in [0.15, 0.2) is 50.7 Å². The van der Waals surface area contributed by atoms with E-state index in [1.54, 1.807) is 13.0 Å². The average molecular weight is 377 g/mol. The van der Waals surface area contributed by atoms with Crippen LogP contribution in [-0.2, 0) is 0 Å². The van der Waals surface area contributed by atoms with Crippen LogP contribution < -0.4 is 16.0 Å². The first-order valence-corrected chi connectivity index (χ1v) is 9.22. The molecular weight excluding hydrogens is 354 g/mol. The monoisotopic (exact) mass is 377 g/mol. The van der Waals surface area contributed by atoms with Gasteiger partial charge in [0, 0.05) is 37.8 Å². The molecule has 6 heteroatoms. The molecule has 3 aromatic rings. The average Bonchev–Trinajstić information content (AvgIpc) is 3.10. The zero-order valence-electron chi connectivity index (χ0n) is 16.4. The Kier molecular flexibility index (Phi) is 4.34. The number of hydrogen-bond acceptors (Lipinski definition) is 6. The van der Waals surface area contributed by atoms with Crippen LogP contribution >= 0.6 is 0 Å². The molecule has 1 aliphatic rings. The first-order chi connectivity index (χ1) is 13.3. The Labute approximate surface area is 163 Å². The third kappa shape index (κ3) is 3.01. The van der Waals surface area contributed by atoms with Gasteiger partial charge in [0.2, 0.25) is 0 Å². The van der Waals surface area contributed by atoms with Crippen LogP contribution in [0.5, 0.6) is 5.75 Å². The number of hydrazone groups is 1. The Morgan fingerprint density at radius 1 is 1.14 bits per heavy atom. The predicted octanol–water partition coefficient (Wildman–Crippen LogP) is 3.62. The summed E-state index contributed by atoms with van der Waals surface area (Å²) in [6.45, 7) is 3.68. The van der Waals surface area contributed by atoms with E-state index in [4.69, 9.17) is 4.42 Å². The summed E-state index contributed by atoms with van der Waals surface area (Å²) in [5.41, 5.74) is 8.45. The van der Waals surface area contributed by atoms with Crippen LogP contribution in [0.4, 0.5) is 5.69 Å². The largest absolute Gasteiger partial charge is 0.506 e. The summed E-state index contributed by atoms with van der Waals surface area (Å²) in [5.74, 6) is 0.111. The highest BCUT2D eigenvalue weighted by atomic mass is 16.4. The predicted molar refractivity (Wildman–Crippen MR) is 111 cm³/mol. The van der Waals surface area contributed by atoms with E-state index in [1.807, 2.05) is 21.0 Å². The lowest BCUT2D eigenvalue weighted by Crippen LogP contribution is -2.12. The minimum Gasteiger partial charge on any atom is -0.506 e. The van der Waals surface area contributed by atoms with Gasteiger partial charge < -0.3 is 19.8 Å². The molecule has 0 radical (unpaired) electrons. The normalized spacial score (nSPS) is 16.1. The zero-order chi connectivity index (χ0) is 20.0. The summed E-state index contributed by atoms with van der Waals surface area (Å²) in [5, 5.41) is 16.0. The van der Waals surface area contributed by atoms with E-state index in [9.17, 15) is 9.90 Å². The molecule has 0 unspecified atom stereocenters. The highest BCUT2D eigenvalue weighted by Crippen LogP contribution is 2.36. The van der Waals surface area contributed by atoms with Crippen molar-refractivity contribution in [3.63, 3.8) is 0 Å². The third-order valence-electron chi connectivity index (χ3n) is 5.25. The number of nitrogens with one attached hydrogen (secondary N) is 1. The van der Waals surface area contributed by atoms with Crippen molar-refractivity contribution in [2.45, 2.75) is 26.3 Å². The van der Waals surface area contributed by atoms with Crippen LogP contribution in [0, 0.1) is 13.8 Å². The minimum absolute atomic E-state index is 0.0514. The lowest BCUT2D eigenvalue weighted by molar-refractivity contribution is 0.476. The number of nitrogens with zero attached hydrogens (tertiary/aromatic N) is 2. The van der Waals surface area contributed by atoms with Gasteiger partial charge in [0.15, 0.2) is 0 Å². The van der Waals surface area contributed by atoms with Crippen molar-refractivity contribution in [1.82, 2.24) is 5.43 Å². The quantitative estimate of drug-likeness (QED) is 0.682. The Morgan fingerprint density at radius 2 is 1.86 bits per heavy atom. The standard InChI is InChI=1S/C22H23N3O3/c1-12-9-18-21(13(2)10-19(26)28-18)22(27)20(12)17-11-16(23-24-17)14-5-7-15(8-6-14)25(3)4/h5-10,16,23,27H,11H2,1-4H3/t16-/m0/s1. The molecule has 1 aromatic heterocycles. The molecule has 0 bridgehead atoms. The molecule has 0 spiro atoms. The molecular formula is C22H23N3O3. The number of aryl methyl sites for hydroxylation is 2. The minimum atomic E-state index is -0.419. The fraction of sp³-hybridized carbons (Fsp3) is 0.273. The van der Waals surface area contributed by atoms with Gasteiger partial charge in [0.1, 0.15) is 11.3 Å². The van der Waals surface area contributed by atoms with Gasteiger partial charge in [0.25, 0.3) is 0 Å². The first kappa shape index (κ1) is 18.1. The molecule has 4 rings (SSSR count). The smallest absolute Gasteiger partial charge is 0.336 e. The fourth-order valence-corrected chi connectivity index (χ4v) is 3.78. The molecule has 0 fully saturated rings. The molecule has 2 N–H and O–H groups in total. The van der Waals surface area contributed by atoms with Gasteiger partial charge in [-0.3, -0.25) is 0 Å². The van der Waals surface area contributed by atoms with Gasteiger partial charge >= 0.3 is 5.63 Å². The summed E-state index contributed by atoms with van der Waals surface area (Å²) in [4.78, 5) is 13.7. The van der Waals surface area contributed by atoms with Gasteiger partial charge in [-0.15, -0.1) is 0 Å². The van der Waals surface area contributed by atoms with Crippen molar-refractivity contribution in [2.75, 3.05) is 19.0 Å². The molecule has 2 heterocycles. The Morgan fingerprint density at radius 3 is 2.54 bits per heavy atom. The lowest BCUT2D eigenvalue weighted by atomic mass is 9.93. The fourth-order valence-electron chi connectivity index (χ4n) is 3.78. The van der Waals surface area contributed by atoms with Crippen LogP contribution in [0.25, 0.3) is 11.0 Å². The molecule has 6 nitrogen and oxygen atoms in total. The molecule has 1 aliphatic heterocycles. The summed E-state index contributed by atoms with van der Waals surface area (Å²) in [6.07, 6.45) is 0.664. The second-order valence-corrected chi connectivity index (χ2v) is 7.47. The summed E-state index contributed by atoms with van der Waals surface area (Å²) in [6, 6.07) is 11.6. The van der Waals surface area contributed by atoms with E-state index in [-0.39, 0.29) is 11.8 Å². The van der Waals surface area contributed by atoms with Gasteiger partial charge in [-0.2, -0.15) is 5.10 Å².